The topological polar surface area (TPSA) is 149 Å². The number of hydrogen-bond donors (Lipinski definition) is 6. The van der Waals surface area contributed by atoms with E-state index in [0.717, 1.165) is 44.9 Å². The van der Waals surface area contributed by atoms with E-state index in [9.17, 15) is 30.3 Å². The summed E-state index contributed by atoms with van der Waals surface area (Å²) < 4.78 is 11.2. The summed E-state index contributed by atoms with van der Waals surface area (Å²) in [5.41, 5.74) is 0. The molecule has 1 saturated heterocycles. The smallest absolute Gasteiger partial charge is 0.220 e. The summed E-state index contributed by atoms with van der Waals surface area (Å²) in [7, 11) is 0. The Kier molecular flexibility index (Phi) is 34.2. The molecule has 0 aliphatic carbocycles. The summed E-state index contributed by atoms with van der Waals surface area (Å²) in [6, 6.07) is -0.729. The minimum atomic E-state index is -1.55. The first-order chi connectivity index (χ1) is 26.3. The molecular formula is C45H87NO8. The van der Waals surface area contributed by atoms with Gasteiger partial charge in [-0.25, -0.2) is 0 Å². The number of ether oxygens (including phenoxy) is 2. The zero-order chi connectivity index (χ0) is 39.5. The van der Waals surface area contributed by atoms with Gasteiger partial charge in [0.2, 0.25) is 5.91 Å². The van der Waals surface area contributed by atoms with E-state index in [1.807, 2.05) is 0 Å². The first kappa shape index (κ1) is 50.9. The molecule has 1 rings (SSSR count). The van der Waals surface area contributed by atoms with E-state index >= 15 is 0 Å². The standard InChI is InChI=1S/C45H87NO8/c1-3-5-7-9-11-13-15-17-19-20-21-22-24-26-28-30-32-34-39(48)38(37-53-45-44(52)43(51)42(50)40(36-47)54-45)46-41(49)35-33-31-29-27-25-23-18-16-14-12-10-8-6-4-2/h24,26,38-40,42-45,47-48,50-52H,3-23,25,27-37H2,1-2H3,(H,46,49)/b26-24+/t38-,39+,40+,42+,43?,44?,45+/m0/s1. The van der Waals surface area contributed by atoms with Crippen molar-refractivity contribution in [1.29, 1.82) is 0 Å². The lowest BCUT2D eigenvalue weighted by Crippen LogP contribution is -2.60. The van der Waals surface area contributed by atoms with Crippen molar-refractivity contribution in [2.45, 2.75) is 256 Å². The van der Waals surface area contributed by atoms with Crippen molar-refractivity contribution >= 4 is 5.91 Å². The quantitative estimate of drug-likeness (QED) is 0.0269. The van der Waals surface area contributed by atoms with Gasteiger partial charge >= 0.3 is 0 Å². The summed E-state index contributed by atoms with van der Waals surface area (Å²) in [6.07, 6.45) is 33.6. The Balaban J connectivity index is 2.35. The number of nitrogens with one attached hydrogen (secondary N) is 1. The van der Waals surface area contributed by atoms with Crippen LogP contribution in [0.1, 0.15) is 213 Å². The van der Waals surface area contributed by atoms with Crippen LogP contribution in [0.4, 0.5) is 0 Å². The fourth-order valence-corrected chi connectivity index (χ4v) is 7.39. The lowest BCUT2D eigenvalue weighted by molar-refractivity contribution is -0.302. The van der Waals surface area contributed by atoms with Gasteiger partial charge in [0.1, 0.15) is 24.4 Å². The van der Waals surface area contributed by atoms with Crippen molar-refractivity contribution in [3.8, 4) is 0 Å². The first-order valence-corrected chi connectivity index (χ1v) is 22.9. The summed E-state index contributed by atoms with van der Waals surface area (Å²) >= 11 is 0. The monoisotopic (exact) mass is 770 g/mol. The van der Waals surface area contributed by atoms with Gasteiger partial charge in [0.25, 0.3) is 0 Å². The van der Waals surface area contributed by atoms with Crippen LogP contribution in [0.2, 0.25) is 0 Å². The van der Waals surface area contributed by atoms with E-state index in [-0.39, 0.29) is 12.5 Å². The normalized spacial score (nSPS) is 21.5. The molecule has 1 aliphatic rings. The second-order valence-electron chi connectivity index (χ2n) is 16.2. The number of unbranched alkanes of at least 4 members (excludes halogenated alkanes) is 26. The van der Waals surface area contributed by atoms with Gasteiger partial charge in [-0.05, 0) is 38.5 Å². The molecule has 1 aliphatic heterocycles. The number of carbonyl (C=O) groups excluding carboxylic acids is 1. The molecule has 1 fully saturated rings. The number of hydrogen-bond acceptors (Lipinski definition) is 8. The third-order valence-corrected chi connectivity index (χ3v) is 11.1. The molecule has 6 N–H and O–H groups in total. The molecule has 7 atom stereocenters. The maximum absolute atomic E-state index is 12.9. The molecule has 2 unspecified atom stereocenters. The highest BCUT2D eigenvalue weighted by atomic mass is 16.7. The maximum atomic E-state index is 12.9. The lowest BCUT2D eigenvalue weighted by atomic mass is 9.99. The summed E-state index contributed by atoms with van der Waals surface area (Å²) in [5.74, 6) is -0.152. The highest BCUT2D eigenvalue weighted by molar-refractivity contribution is 5.76. The third-order valence-electron chi connectivity index (χ3n) is 11.1. The van der Waals surface area contributed by atoms with Gasteiger partial charge in [-0.3, -0.25) is 4.79 Å². The Labute approximate surface area is 331 Å². The Bertz CT molecular complexity index is 858. The van der Waals surface area contributed by atoms with Crippen molar-refractivity contribution in [1.82, 2.24) is 5.32 Å². The molecule has 1 heterocycles. The minimum absolute atomic E-state index is 0.146. The molecule has 0 aromatic heterocycles. The van der Waals surface area contributed by atoms with Gasteiger partial charge in [0.05, 0.1) is 25.4 Å². The van der Waals surface area contributed by atoms with Crippen molar-refractivity contribution in [2.24, 2.45) is 0 Å². The van der Waals surface area contributed by atoms with Gasteiger partial charge in [0.15, 0.2) is 6.29 Å². The number of allylic oxidation sites excluding steroid dienone is 2. The summed E-state index contributed by atoms with van der Waals surface area (Å²) in [4.78, 5) is 12.9. The molecule has 9 nitrogen and oxygen atoms in total. The van der Waals surface area contributed by atoms with Crippen LogP contribution in [0, 0.1) is 0 Å². The molecule has 0 aromatic rings. The van der Waals surface area contributed by atoms with Crippen LogP contribution < -0.4 is 5.32 Å². The van der Waals surface area contributed by atoms with Crippen LogP contribution in [0.15, 0.2) is 12.2 Å². The van der Waals surface area contributed by atoms with E-state index < -0.39 is 49.5 Å². The van der Waals surface area contributed by atoms with E-state index in [1.54, 1.807) is 0 Å². The fourth-order valence-electron chi connectivity index (χ4n) is 7.39. The second-order valence-corrected chi connectivity index (χ2v) is 16.2. The largest absolute Gasteiger partial charge is 0.394 e. The summed E-state index contributed by atoms with van der Waals surface area (Å²) in [6.45, 7) is 3.82. The number of rotatable bonds is 38. The molecule has 0 spiro atoms. The Morgan fingerprint density at radius 1 is 0.611 bits per heavy atom. The molecule has 0 saturated carbocycles. The van der Waals surface area contributed by atoms with Crippen LogP contribution in [-0.4, -0.2) is 87.5 Å². The van der Waals surface area contributed by atoms with Crippen molar-refractivity contribution in [2.75, 3.05) is 13.2 Å². The third kappa shape index (κ3) is 26.7. The van der Waals surface area contributed by atoms with Crippen LogP contribution in [-0.2, 0) is 14.3 Å². The van der Waals surface area contributed by atoms with Gasteiger partial charge in [0, 0.05) is 6.42 Å². The zero-order valence-corrected chi connectivity index (χ0v) is 35.0. The summed E-state index contributed by atoms with van der Waals surface area (Å²) in [5, 5.41) is 54.3. The molecule has 0 bridgehead atoms. The minimum Gasteiger partial charge on any atom is -0.394 e. The highest BCUT2D eigenvalue weighted by Gasteiger charge is 2.44. The average Bonchev–Trinajstić information content (AvgIpc) is 3.17. The molecule has 9 heteroatoms. The highest BCUT2D eigenvalue weighted by Crippen LogP contribution is 2.23. The maximum Gasteiger partial charge on any atom is 0.220 e. The molecule has 54 heavy (non-hydrogen) atoms. The van der Waals surface area contributed by atoms with Gasteiger partial charge in [-0.15, -0.1) is 0 Å². The molecule has 0 radical (unpaired) electrons. The van der Waals surface area contributed by atoms with Gasteiger partial charge < -0.3 is 40.3 Å². The molecule has 320 valence electrons. The number of amides is 1. The van der Waals surface area contributed by atoms with Crippen LogP contribution in [0.5, 0.6) is 0 Å². The Morgan fingerprint density at radius 3 is 1.50 bits per heavy atom. The Morgan fingerprint density at radius 2 is 1.04 bits per heavy atom. The second kappa shape index (κ2) is 36.3. The van der Waals surface area contributed by atoms with E-state index in [0.29, 0.717) is 12.8 Å². The van der Waals surface area contributed by atoms with Crippen LogP contribution in [0.25, 0.3) is 0 Å². The number of aliphatic hydroxyl groups excluding tert-OH is 5. The molecule has 1 amide bonds. The average molecular weight is 770 g/mol. The van der Waals surface area contributed by atoms with E-state index in [4.69, 9.17) is 9.47 Å². The van der Waals surface area contributed by atoms with Gasteiger partial charge in [-0.2, -0.15) is 0 Å². The molecular weight excluding hydrogens is 682 g/mol. The lowest BCUT2D eigenvalue weighted by Gasteiger charge is -2.40. The fraction of sp³-hybridized carbons (Fsp3) is 0.933. The van der Waals surface area contributed by atoms with Crippen LogP contribution >= 0.6 is 0 Å². The number of carbonyl (C=O) groups is 1. The van der Waals surface area contributed by atoms with E-state index in [1.165, 1.54) is 141 Å². The predicted octanol–water partition coefficient (Wildman–Crippen LogP) is 9.34. The van der Waals surface area contributed by atoms with Crippen LogP contribution in [0.3, 0.4) is 0 Å². The predicted molar refractivity (Wildman–Crippen MR) is 221 cm³/mol. The Hall–Kier alpha value is -1.07. The molecule has 0 aromatic carbocycles. The van der Waals surface area contributed by atoms with Crippen molar-refractivity contribution < 1.29 is 39.8 Å². The van der Waals surface area contributed by atoms with E-state index in [2.05, 4.69) is 31.3 Å². The first-order valence-electron chi connectivity index (χ1n) is 22.9. The zero-order valence-electron chi connectivity index (χ0n) is 35.0. The van der Waals surface area contributed by atoms with Crippen molar-refractivity contribution in [3.05, 3.63) is 12.2 Å². The van der Waals surface area contributed by atoms with Crippen molar-refractivity contribution in [3.63, 3.8) is 0 Å². The van der Waals surface area contributed by atoms with Gasteiger partial charge in [-0.1, -0.05) is 180 Å². The number of aliphatic hydroxyl groups is 5. The SMILES string of the molecule is CCCCCCCCCCCCC/C=C/CCCC[C@@H](O)[C@H](CO[C@@H]1O[C@H](CO)[C@@H](O)C(O)C1O)NC(=O)CCCCCCCCCCCCCCCC.